The van der Waals surface area contributed by atoms with E-state index in [9.17, 15) is 35.0 Å². The van der Waals surface area contributed by atoms with Crippen molar-refractivity contribution in [2.75, 3.05) is 0 Å². The second-order valence-electron chi connectivity index (χ2n) is 3.41. The minimum Gasteiger partial charge on any atom is -0.107 e. The van der Waals surface area contributed by atoms with Gasteiger partial charge in [-0.2, -0.15) is 0 Å². The van der Waals surface area contributed by atoms with Crippen LogP contribution in [0.4, 0.5) is 35.0 Å². The second-order valence-corrected chi connectivity index (χ2v) is 10.1. The average Bonchev–Trinajstić information content (AvgIpc) is 1.96. The summed E-state index contributed by atoms with van der Waals surface area (Å²) in [5.41, 5.74) is 0. The topological polar surface area (TPSA) is 0 Å². The Balaban J connectivity index is 3.45. The van der Waals surface area contributed by atoms with Crippen molar-refractivity contribution in [2.45, 2.75) is 9.79 Å². The van der Waals surface area contributed by atoms with Gasteiger partial charge in [0.05, 0.1) is 4.90 Å². The van der Waals surface area contributed by atoms with E-state index in [0.717, 1.165) is 0 Å². The van der Waals surface area contributed by atoms with Gasteiger partial charge in [0, 0.05) is 10.7 Å². The summed E-state index contributed by atoms with van der Waals surface area (Å²) in [7, 11) is -15.5. The Bertz CT molecular complexity index is 444. The van der Waals surface area contributed by atoms with Gasteiger partial charge >= 0.3 is 10.2 Å². The fraction of sp³-hybridized carbons (Fsp3) is 0. The summed E-state index contributed by atoms with van der Waals surface area (Å²) in [4.78, 5) is -4.79. The molecule has 1 aromatic rings. The standard InChI is InChI=1S/C6H4ClF9S2/c7-17(8,9,10,11)5-1-3-6(4-2-5)18(12,13,14,15)16/h1-4H. The lowest BCUT2D eigenvalue weighted by molar-refractivity contribution is 0.363. The molecule has 0 nitrogen and oxygen atoms in total. The molecule has 0 aromatic heterocycles. The van der Waals surface area contributed by atoms with Crippen LogP contribution >= 0.6 is 30.0 Å². The van der Waals surface area contributed by atoms with Crippen molar-refractivity contribution >= 4 is 30.0 Å². The summed E-state index contributed by atoms with van der Waals surface area (Å²) in [6.45, 7) is 0. The summed E-state index contributed by atoms with van der Waals surface area (Å²) in [5.74, 6) is 0. The first-order chi connectivity index (χ1) is 7.19. The Hall–Kier alpha value is -0.420. The monoisotopic (exact) mass is 346 g/mol. The third-order valence-corrected chi connectivity index (χ3v) is 4.58. The first kappa shape index (κ1) is 15.6. The summed E-state index contributed by atoms with van der Waals surface area (Å²) in [6.07, 6.45) is 0. The Morgan fingerprint density at radius 2 is 0.889 bits per heavy atom. The van der Waals surface area contributed by atoms with Gasteiger partial charge in [0.1, 0.15) is 4.90 Å². The van der Waals surface area contributed by atoms with Crippen LogP contribution in [-0.4, -0.2) is 0 Å². The highest BCUT2D eigenvalue weighted by Gasteiger charge is 2.66. The molecule has 0 N–H and O–H groups in total. The van der Waals surface area contributed by atoms with Crippen LogP contribution in [0.5, 0.6) is 0 Å². The molecule has 0 saturated carbocycles. The molecule has 0 heterocycles. The average molecular weight is 347 g/mol. The minimum absolute atomic E-state index is 0.470. The fourth-order valence-electron chi connectivity index (χ4n) is 0.954. The van der Waals surface area contributed by atoms with Crippen LogP contribution in [0, 0.1) is 0 Å². The van der Waals surface area contributed by atoms with Crippen LogP contribution in [0.2, 0.25) is 0 Å². The van der Waals surface area contributed by atoms with E-state index in [1.165, 1.54) is 0 Å². The van der Waals surface area contributed by atoms with Crippen LogP contribution < -0.4 is 0 Å². The lowest BCUT2D eigenvalue weighted by Crippen LogP contribution is -2.08. The van der Waals surface area contributed by atoms with Gasteiger partial charge < -0.3 is 0 Å². The van der Waals surface area contributed by atoms with Crippen molar-refractivity contribution in [3.05, 3.63) is 24.3 Å². The van der Waals surface area contributed by atoms with E-state index < -0.39 is 53.3 Å². The quantitative estimate of drug-likeness (QED) is 0.494. The molecule has 0 spiro atoms. The molecule has 1 rings (SSSR count). The summed E-state index contributed by atoms with van der Waals surface area (Å²) in [6, 6.07) is -2.06. The van der Waals surface area contributed by atoms with E-state index in [2.05, 4.69) is 10.7 Å². The SMILES string of the molecule is FS(F)(F)(F)(F)c1ccc(S(F)(F)(F)(F)Cl)cc1. The van der Waals surface area contributed by atoms with Crippen LogP contribution in [0.1, 0.15) is 0 Å². The molecule has 18 heavy (non-hydrogen) atoms. The van der Waals surface area contributed by atoms with Crippen molar-refractivity contribution < 1.29 is 35.0 Å². The molecule has 0 bridgehead atoms. The van der Waals surface area contributed by atoms with Crippen molar-refractivity contribution in [1.82, 2.24) is 0 Å². The van der Waals surface area contributed by atoms with Crippen molar-refractivity contribution in [2.24, 2.45) is 0 Å². The normalized spacial score (nSPS) is 21.4. The molecule has 0 amide bonds. The van der Waals surface area contributed by atoms with Crippen LogP contribution in [-0.2, 0) is 0 Å². The zero-order valence-electron chi connectivity index (χ0n) is 7.91. The van der Waals surface area contributed by atoms with Crippen molar-refractivity contribution in [1.29, 1.82) is 0 Å². The molecular weight excluding hydrogens is 343 g/mol. The maximum atomic E-state index is 12.5. The number of hydrogen-bond donors (Lipinski definition) is 0. The van der Waals surface area contributed by atoms with E-state index in [4.69, 9.17) is 0 Å². The van der Waals surface area contributed by atoms with Gasteiger partial charge in [0.25, 0.3) is 9.05 Å². The van der Waals surface area contributed by atoms with Gasteiger partial charge in [0.15, 0.2) is 0 Å². The molecular formula is C6H4ClF9S2. The van der Waals surface area contributed by atoms with Crippen molar-refractivity contribution in [3.63, 3.8) is 0 Å². The Morgan fingerprint density at radius 1 is 0.611 bits per heavy atom. The predicted molar refractivity (Wildman–Crippen MR) is 54.0 cm³/mol. The zero-order chi connectivity index (χ0) is 14.8. The highest BCUT2D eigenvalue weighted by atomic mass is 35.7. The summed E-state index contributed by atoms with van der Waals surface area (Å²) in [5, 5.41) is 0. The van der Waals surface area contributed by atoms with Crippen molar-refractivity contribution in [3.8, 4) is 0 Å². The molecule has 110 valence electrons. The zero-order valence-corrected chi connectivity index (χ0v) is 10.3. The van der Waals surface area contributed by atoms with E-state index in [0.29, 0.717) is 0 Å². The van der Waals surface area contributed by atoms with Gasteiger partial charge in [-0.25, -0.2) is 0 Å². The summed E-state index contributed by atoms with van der Waals surface area (Å²) >= 11 is 0. The maximum absolute atomic E-state index is 12.5. The number of halogens is 10. The van der Waals surface area contributed by atoms with Gasteiger partial charge in [0.2, 0.25) is 0 Å². The minimum atomic E-state index is -10.1. The van der Waals surface area contributed by atoms with Crippen LogP contribution in [0.25, 0.3) is 0 Å². The van der Waals surface area contributed by atoms with Gasteiger partial charge in [-0.3, -0.25) is 0 Å². The molecule has 0 atom stereocenters. The van der Waals surface area contributed by atoms with E-state index in [1.807, 2.05) is 0 Å². The molecule has 0 unspecified atom stereocenters. The smallest absolute Gasteiger partial charge is 0.107 e. The molecule has 0 aliphatic heterocycles. The highest BCUT2D eigenvalue weighted by Crippen LogP contribution is 3.05. The molecule has 1 aromatic carbocycles. The number of benzene rings is 1. The Morgan fingerprint density at radius 3 is 1.11 bits per heavy atom. The first-order valence-corrected chi connectivity index (χ1v) is 8.60. The lowest BCUT2D eigenvalue weighted by Gasteiger charge is -2.44. The maximum Gasteiger partial charge on any atom is 0.310 e. The molecule has 12 heteroatoms. The van der Waals surface area contributed by atoms with Gasteiger partial charge in [-0.05, 0) is 24.3 Å². The van der Waals surface area contributed by atoms with E-state index in [1.54, 1.807) is 0 Å². The second kappa shape index (κ2) is 2.57. The number of hydrogen-bond acceptors (Lipinski definition) is 0. The predicted octanol–water partition coefficient (Wildman–Crippen LogP) is 7.27. The highest BCUT2D eigenvalue weighted by molar-refractivity contribution is 8.65. The van der Waals surface area contributed by atoms with Gasteiger partial charge in [-0.15, -0.1) is 15.5 Å². The Labute approximate surface area is 99.4 Å². The number of rotatable bonds is 2. The molecule has 0 radical (unpaired) electrons. The fourth-order valence-corrected chi connectivity index (χ4v) is 2.56. The largest absolute Gasteiger partial charge is 0.310 e. The summed E-state index contributed by atoms with van der Waals surface area (Å²) < 4.78 is 111. The van der Waals surface area contributed by atoms with Crippen LogP contribution in [0.15, 0.2) is 34.1 Å². The van der Waals surface area contributed by atoms with Gasteiger partial charge in [-0.1, -0.05) is 19.4 Å². The third-order valence-electron chi connectivity index (χ3n) is 1.71. The Kier molecular flexibility index (Phi) is 2.23. The lowest BCUT2D eigenvalue weighted by atomic mass is 10.4. The van der Waals surface area contributed by atoms with E-state index in [-0.39, 0.29) is 0 Å². The van der Waals surface area contributed by atoms with Crippen LogP contribution in [0.3, 0.4) is 0 Å². The molecule has 0 aliphatic carbocycles. The third kappa shape index (κ3) is 3.79. The molecule has 0 fully saturated rings. The molecule has 0 saturated heterocycles. The molecule has 0 aliphatic rings. The first-order valence-electron chi connectivity index (χ1n) is 3.77. The van der Waals surface area contributed by atoms with E-state index >= 15 is 0 Å².